The van der Waals surface area contributed by atoms with E-state index in [1.807, 2.05) is 31.2 Å². The fourth-order valence-electron chi connectivity index (χ4n) is 2.61. The molecular weight excluding hydrogens is 443 g/mol. The van der Waals surface area contributed by atoms with E-state index in [-0.39, 0.29) is 5.97 Å². The molecule has 0 heterocycles. The Labute approximate surface area is 166 Å². The first-order valence-electron chi connectivity index (χ1n) is 8.64. The Morgan fingerprint density at radius 3 is 2.60 bits per heavy atom. The van der Waals surface area contributed by atoms with Crippen LogP contribution in [0.5, 0.6) is 0 Å². The van der Waals surface area contributed by atoms with E-state index in [9.17, 15) is 9.90 Å². The summed E-state index contributed by atoms with van der Waals surface area (Å²) in [6.45, 7) is 8.42. The van der Waals surface area contributed by atoms with Gasteiger partial charge in [-0.05, 0) is 66.5 Å². The smallest absolute Gasteiger partial charge is 0.315 e. The number of carbonyl (C=O) groups excluding carboxylic acids is 1. The number of carbonyl (C=O) groups is 1. The van der Waals surface area contributed by atoms with Crippen LogP contribution in [0, 0.1) is 15.0 Å². The minimum atomic E-state index is -1.45. The molecule has 0 amide bonds. The molecule has 1 N–H and O–H groups in total. The number of esters is 1. The van der Waals surface area contributed by atoms with Crippen LogP contribution in [0.25, 0.3) is 0 Å². The van der Waals surface area contributed by atoms with Crippen molar-refractivity contribution in [2.45, 2.75) is 63.8 Å². The Morgan fingerprint density at radius 2 is 2.04 bits per heavy atom. The molecule has 1 rings (SSSR count). The van der Waals surface area contributed by atoms with Gasteiger partial charge in [-0.3, -0.25) is 4.79 Å². The molecule has 3 nitrogen and oxygen atoms in total. The van der Waals surface area contributed by atoms with E-state index in [2.05, 4.69) is 53.7 Å². The van der Waals surface area contributed by atoms with E-state index >= 15 is 0 Å². The monoisotopic (exact) mass is 472 g/mol. The van der Waals surface area contributed by atoms with E-state index < -0.39 is 19.6 Å². The van der Waals surface area contributed by atoms with Gasteiger partial charge in [-0.1, -0.05) is 44.1 Å². The SMILES string of the molecule is COC(=O)C(C)(CCCCC(O)C#C[Si](C)(C)C)c1cccc(I)c1. The van der Waals surface area contributed by atoms with E-state index in [1.165, 1.54) is 7.11 Å². The van der Waals surface area contributed by atoms with Crippen LogP contribution in [0.15, 0.2) is 24.3 Å². The summed E-state index contributed by atoms with van der Waals surface area (Å²) in [6, 6.07) is 7.99. The van der Waals surface area contributed by atoms with E-state index in [4.69, 9.17) is 4.74 Å². The second-order valence-electron chi connectivity index (χ2n) is 7.61. The third-order valence-electron chi connectivity index (χ3n) is 4.12. The minimum Gasteiger partial charge on any atom is -0.468 e. The molecule has 5 heteroatoms. The van der Waals surface area contributed by atoms with Crippen molar-refractivity contribution in [1.29, 1.82) is 0 Å². The average Bonchev–Trinajstić information content (AvgIpc) is 2.55. The molecule has 0 spiro atoms. The summed E-state index contributed by atoms with van der Waals surface area (Å²) in [5.41, 5.74) is 3.52. The Hall–Kier alpha value is -0.843. The lowest BCUT2D eigenvalue weighted by atomic mass is 9.78. The largest absolute Gasteiger partial charge is 0.468 e. The summed E-state index contributed by atoms with van der Waals surface area (Å²) in [5.74, 6) is 2.75. The number of halogens is 1. The number of aliphatic hydroxyl groups is 1. The first-order valence-corrected chi connectivity index (χ1v) is 13.2. The molecule has 1 aromatic rings. The normalized spacial score (nSPS) is 14.8. The fourth-order valence-corrected chi connectivity index (χ4v) is 3.75. The van der Waals surface area contributed by atoms with Gasteiger partial charge < -0.3 is 9.84 Å². The second-order valence-corrected chi connectivity index (χ2v) is 13.6. The molecule has 0 aliphatic carbocycles. The minimum absolute atomic E-state index is 0.214. The van der Waals surface area contributed by atoms with Crippen LogP contribution >= 0.6 is 22.6 Å². The average molecular weight is 472 g/mol. The number of methoxy groups -OCH3 is 1. The van der Waals surface area contributed by atoms with Crippen molar-refractivity contribution in [3.63, 3.8) is 0 Å². The lowest BCUT2D eigenvalue weighted by molar-refractivity contribution is -0.147. The quantitative estimate of drug-likeness (QED) is 0.209. The standard InChI is InChI=1S/C20H29IO3Si/c1-20(19(23)24-2,16-9-8-10-17(21)15-16)13-7-6-11-18(22)12-14-25(3,4)5/h8-10,15,18,22H,6-7,11,13H2,1-5H3. The van der Waals surface area contributed by atoms with Crippen LogP contribution in [0.2, 0.25) is 19.6 Å². The third kappa shape index (κ3) is 7.51. The number of unbranched alkanes of at least 4 members (excludes halogenated alkanes) is 1. The highest BCUT2D eigenvalue weighted by atomic mass is 127. The van der Waals surface area contributed by atoms with Gasteiger partial charge in [0.2, 0.25) is 0 Å². The molecule has 0 radical (unpaired) electrons. The van der Waals surface area contributed by atoms with Crippen LogP contribution in [-0.2, 0) is 14.9 Å². The fraction of sp³-hybridized carbons (Fsp3) is 0.550. The summed E-state index contributed by atoms with van der Waals surface area (Å²) < 4.78 is 6.15. The third-order valence-corrected chi connectivity index (χ3v) is 5.68. The highest BCUT2D eigenvalue weighted by Gasteiger charge is 2.35. The molecule has 0 saturated heterocycles. The summed E-state index contributed by atoms with van der Waals surface area (Å²) in [7, 11) is -0.0150. The molecule has 0 aliphatic heterocycles. The Bertz CT molecular complexity index is 642. The zero-order valence-corrected chi connectivity index (χ0v) is 19.0. The van der Waals surface area contributed by atoms with Gasteiger partial charge in [0.25, 0.3) is 0 Å². The van der Waals surface area contributed by atoms with Gasteiger partial charge in [-0.2, -0.15) is 0 Å². The number of aliphatic hydroxyl groups excluding tert-OH is 1. The van der Waals surface area contributed by atoms with Gasteiger partial charge in [0.15, 0.2) is 0 Å². The Kier molecular flexibility index (Phi) is 8.65. The molecule has 0 bridgehead atoms. The first-order chi connectivity index (χ1) is 11.6. The van der Waals surface area contributed by atoms with Gasteiger partial charge in [0.05, 0.1) is 12.5 Å². The van der Waals surface area contributed by atoms with Gasteiger partial charge >= 0.3 is 5.97 Å². The topological polar surface area (TPSA) is 46.5 Å². The van der Waals surface area contributed by atoms with Crippen LogP contribution in [0.3, 0.4) is 0 Å². The van der Waals surface area contributed by atoms with Crippen molar-refractivity contribution < 1.29 is 14.6 Å². The van der Waals surface area contributed by atoms with Gasteiger partial charge in [0, 0.05) is 3.57 Å². The highest BCUT2D eigenvalue weighted by molar-refractivity contribution is 14.1. The summed E-state index contributed by atoms with van der Waals surface area (Å²) >= 11 is 2.25. The molecule has 25 heavy (non-hydrogen) atoms. The van der Waals surface area contributed by atoms with Gasteiger partial charge in [-0.25, -0.2) is 0 Å². The first kappa shape index (κ1) is 22.2. The molecule has 0 aromatic heterocycles. The zero-order chi connectivity index (χ0) is 19.1. The van der Waals surface area contributed by atoms with Crippen molar-refractivity contribution in [3.8, 4) is 11.5 Å². The summed E-state index contributed by atoms with van der Waals surface area (Å²) in [6.07, 6.45) is 2.42. The van der Waals surface area contributed by atoms with Crippen LogP contribution in [-0.4, -0.2) is 32.4 Å². The molecule has 0 aliphatic rings. The maximum Gasteiger partial charge on any atom is 0.315 e. The molecule has 2 atom stereocenters. The van der Waals surface area contributed by atoms with Crippen LogP contribution in [0.1, 0.15) is 38.2 Å². The van der Waals surface area contributed by atoms with Crippen LogP contribution < -0.4 is 0 Å². The Morgan fingerprint density at radius 1 is 1.36 bits per heavy atom. The van der Waals surface area contributed by atoms with Crippen LogP contribution in [0.4, 0.5) is 0 Å². The zero-order valence-electron chi connectivity index (χ0n) is 15.9. The van der Waals surface area contributed by atoms with Crippen molar-refractivity contribution in [2.75, 3.05) is 7.11 Å². The summed E-state index contributed by atoms with van der Waals surface area (Å²) in [4.78, 5) is 12.4. The number of hydrogen-bond donors (Lipinski definition) is 1. The van der Waals surface area contributed by atoms with Crippen molar-refractivity contribution in [1.82, 2.24) is 0 Å². The lowest BCUT2D eigenvalue weighted by Gasteiger charge is -2.27. The highest BCUT2D eigenvalue weighted by Crippen LogP contribution is 2.32. The predicted octanol–water partition coefficient (Wildman–Crippen LogP) is 4.52. The van der Waals surface area contributed by atoms with E-state index in [0.717, 1.165) is 22.0 Å². The molecule has 0 saturated carbocycles. The number of hydrogen-bond acceptors (Lipinski definition) is 3. The lowest BCUT2D eigenvalue weighted by Crippen LogP contribution is -2.34. The Balaban J connectivity index is 2.69. The van der Waals surface area contributed by atoms with Crippen molar-refractivity contribution in [3.05, 3.63) is 33.4 Å². The number of ether oxygens (including phenoxy) is 1. The molecule has 1 aromatic carbocycles. The summed E-state index contributed by atoms with van der Waals surface area (Å²) in [5, 5.41) is 10.0. The maximum absolute atomic E-state index is 12.4. The van der Waals surface area contributed by atoms with E-state index in [0.29, 0.717) is 12.8 Å². The molecule has 138 valence electrons. The molecule has 0 fully saturated rings. The molecular formula is C20H29IO3Si. The second kappa shape index (κ2) is 9.74. The number of rotatable bonds is 7. The molecule has 2 unspecified atom stereocenters. The van der Waals surface area contributed by atoms with E-state index in [1.54, 1.807) is 0 Å². The predicted molar refractivity (Wildman–Crippen MR) is 114 cm³/mol. The van der Waals surface area contributed by atoms with Crippen molar-refractivity contribution >= 4 is 36.6 Å². The number of benzene rings is 1. The van der Waals surface area contributed by atoms with Gasteiger partial charge in [-0.15, -0.1) is 5.54 Å². The van der Waals surface area contributed by atoms with Crippen molar-refractivity contribution in [2.24, 2.45) is 0 Å². The maximum atomic E-state index is 12.4. The van der Waals surface area contributed by atoms with Gasteiger partial charge in [0.1, 0.15) is 14.2 Å².